The first-order valence-electron chi connectivity index (χ1n) is 10.8. The maximum absolute atomic E-state index is 13.2. The van der Waals surface area contributed by atoms with E-state index in [-0.39, 0.29) is 31.0 Å². The molecular formula is C24H27BrCl2N2O3. The smallest absolute Gasteiger partial charge is 0.261 e. The molecule has 3 rings (SSSR count). The second-order valence-electron chi connectivity index (χ2n) is 8.03. The summed E-state index contributed by atoms with van der Waals surface area (Å²) in [7, 11) is 0. The Hall–Kier alpha value is -1.76. The molecule has 1 fully saturated rings. The summed E-state index contributed by atoms with van der Waals surface area (Å²) in [5.74, 6) is 0.0773. The SMILES string of the molecule is C[C@H](C(=O)NC1CCCCC1)N(Cc1ccc(Cl)cc1)C(=O)COc1ccc(Cl)cc1Br. The first kappa shape index (κ1) is 24.9. The number of halogens is 3. The second-order valence-corrected chi connectivity index (χ2v) is 9.76. The number of nitrogens with zero attached hydrogens (tertiary/aromatic N) is 1. The molecule has 5 nitrogen and oxygen atoms in total. The fourth-order valence-electron chi connectivity index (χ4n) is 3.75. The van der Waals surface area contributed by atoms with Gasteiger partial charge >= 0.3 is 0 Å². The Balaban J connectivity index is 1.71. The fraction of sp³-hybridized carbons (Fsp3) is 0.417. The van der Waals surface area contributed by atoms with Crippen LogP contribution in [-0.2, 0) is 16.1 Å². The van der Waals surface area contributed by atoms with Gasteiger partial charge < -0.3 is 15.0 Å². The number of hydrogen-bond acceptors (Lipinski definition) is 3. The Labute approximate surface area is 207 Å². The van der Waals surface area contributed by atoms with Crippen molar-refractivity contribution < 1.29 is 14.3 Å². The average Bonchev–Trinajstić information content (AvgIpc) is 2.78. The summed E-state index contributed by atoms with van der Waals surface area (Å²) in [5, 5.41) is 4.30. The van der Waals surface area contributed by atoms with Crippen LogP contribution in [0.15, 0.2) is 46.9 Å². The highest BCUT2D eigenvalue weighted by Gasteiger charge is 2.28. The highest BCUT2D eigenvalue weighted by Crippen LogP contribution is 2.28. The molecule has 0 aromatic heterocycles. The van der Waals surface area contributed by atoms with E-state index in [1.54, 1.807) is 42.2 Å². The Kier molecular flexibility index (Phi) is 9.26. The Morgan fingerprint density at radius 1 is 1.09 bits per heavy atom. The monoisotopic (exact) mass is 540 g/mol. The number of nitrogens with one attached hydrogen (secondary N) is 1. The van der Waals surface area contributed by atoms with Crippen LogP contribution in [0.5, 0.6) is 5.75 Å². The Morgan fingerprint density at radius 2 is 1.75 bits per heavy atom. The number of rotatable bonds is 8. The topological polar surface area (TPSA) is 58.6 Å². The van der Waals surface area contributed by atoms with Gasteiger partial charge in [-0.1, -0.05) is 54.6 Å². The van der Waals surface area contributed by atoms with Gasteiger partial charge in [0.05, 0.1) is 4.47 Å². The molecule has 2 aromatic carbocycles. The van der Waals surface area contributed by atoms with Crippen LogP contribution < -0.4 is 10.1 Å². The van der Waals surface area contributed by atoms with Crippen LogP contribution >= 0.6 is 39.1 Å². The minimum absolute atomic E-state index is 0.146. The molecule has 0 aliphatic heterocycles. The van der Waals surface area contributed by atoms with Crippen LogP contribution in [0, 0.1) is 0 Å². The minimum atomic E-state index is -0.641. The van der Waals surface area contributed by atoms with E-state index < -0.39 is 6.04 Å². The molecule has 0 bridgehead atoms. The van der Waals surface area contributed by atoms with Gasteiger partial charge in [-0.3, -0.25) is 9.59 Å². The molecule has 1 atom stereocenters. The number of benzene rings is 2. The highest BCUT2D eigenvalue weighted by atomic mass is 79.9. The van der Waals surface area contributed by atoms with Gasteiger partial charge in [0.25, 0.3) is 5.91 Å². The van der Waals surface area contributed by atoms with E-state index >= 15 is 0 Å². The highest BCUT2D eigenvalue weighted by molar-refractivity contribution is 9.10. The van der Waals surface area contributed by atoms with Crippen molar-refractivity contribution in [3.05, 3.63) is 62.5 Å². The van der Waals surface area contributed by atoms with Gasteiger partial charge in [-0.25, -0.2) is 0 Å². The molecule has 0 spiro atoms. The molecule has 2 aromatic rings. The Bertz CT molecular complexity index is 933. The maximum Gasteiger partial charge on any atom is 0.261 e. The van der Waals surface area contributed by atoms with Crippen LogP contribution in [0.3, 0.4) is 0 Å². The third-order valence-corrected chi connectivity index (χ3v) is 6.74. The molecule has 1 saturated carbocycles. The van der Waals surface area contributed by atoms with Crippen molar-refractivity contribution in [1.29, 1.82) is 0 Å². The molecule has 172 valence electrons. The number of hydrogen-bond donors (Lipinski definition) is 1. The van der Waals surface area contributed by atoms with Gasteiger partial charge in [-0.15, -0.1) is 0 Å². The number of ether oxygens (including phenoxy) is 1. The van der Waals surface area contributed by atoms with Crippen LogP contribution in [0.2, 0.25) is 10.0 Å². The molecular weight excluding hydrogens is 515 g/mol. The van der Waals surface area contributed by atoms with E-state index in [1.807, 2.05) is 12.1 Å². The largest absolute Gasteiger partial charge is 0.483 e. The van der Waals surface area contributed by atoms with Crippen molar-refractivity contribution in [1.82, 2.24) is 10.2 Å². The van der Waals surface area contributed by atoms with Crippen molar-refractivity contribution in [3.8, 4) is 5.75 Å². The molecule has 0 saturated heterocycles. The van der Waals surface area contributed by atoms with Crippen molar-refractivity contribution in [2.45, 2.75) is 57.7 Å². The second kappa shape index (κ2) is 11.9. The average molecular weight is 542 g/mol. The van der Waals surface area contributed by atoms with Crippen LogP contribution in [0.4, 0.5) is 0 Å². The van der Waals surface area contributed by atoms with Crippen molar-refractivity contribution in [2.75, 3.05) is 6.61 Å². The summed E-state index contributed by atoms with van der Waals surface area (Å²) in [6.45, 7) is 1.83. The minimum Gasteiger partial charge on any atom is -0.483 e. The number of carbonyl (C=O) groups is 2. The van der Waals surface area contributed by atoms with Crippen LogP contribution in [0.25, 0.3) is 0 Å². The van der Waals surface area contributed by atoms with Gasteiger partial charge in [0.2, 0.25) is 5.91 Å². The predicted octanol–water partition coefficient (Wildman–Crippen LogP) is 6.00. The van der Waals surface area contributed by atoms with Gasteiger partial charge in [-0.2, -0.15) is 0 Å². The number of amides is 2. The summed E-state index contributed by atoms with van der Waals surface area (Å²) >= 11 is 15.4. The van der Waals surface area contributed by atoms with E-state index in [1.165, 1.54) is 6.42 Å². The van der Waals surface area contributed by atoms with Gasteiger partial charge in [0.1, 0.15) is 11.8 Å². The maximum atomic E-state index is 13.2. The summed E-state index contributed by atoms with van der Waals surface area (Å²) < 4.78 is 6.38. The Morgan fingerprint density at radius 3 is 2.41 bits per heavy atom. The zero-order valence-corrected chi connectivity index (χ0v) is 21.0. The zero-order valence-electron chi connectivity index (χ0n) is 18.0. The van der Waals surface area contributed by atoms with E-state index in [2.05, 4.69) is 21.2 Å². The fourth-order valence-corrected chi connectivity index (χ4v) is 4.68. The summed E-state index contributed by atoms with van der Waals surface area (Å²) in [6.07, 6.45) is 5.42. The lowest BCUT2D eigenvalue weighted by atomic mass is 9.95. The first-order chi connectivity index (χ1) is 15.3. The molecule has 1 aliphatic carbocycles. The molecule has 2 amide bonds. The van der Waals surface area contributed by atoms with Crippen LogP contribution in [0.1, 0.15) is 44.6 Å². The lowest BCUT2D eigenvalue weighted by Crippen LogP contribution is -2.51. The lowest BCUT2D eigenvalue weighted by molar-refractivity contribution is -0.142. The molecule has 0 radical (unpaired) electrons. The van der Waals surface area contributed by atoms with Crippen molar-refractivity contribution in [2.24, 2.45) is 0 Å². The molecule has 0 heterocycles. The van der Waals surface area contributed by atoms with Crippen LogP contribution in [-0.4, -0.2) is 35.4 Å². The normalized spacial score (nSPS) is 15.1. The summed E-state index contributed by atoms with van der Waals surface area (Å²) in [4.78, 5) is 27.7. The third-order valence-electron chi connectivity index (χ3n) is 5.63. The van der Waals surface area contributed by atoms with E-state index in [4.69, 9.17) is 27.9 Å². The summed E-state index contributed by atoms with van der Waals surface area (Å²) in [5.41, 5.74) is 0.882. The predicted molar refractivity (Wildman–Crippen MR) is 131 cm³/mol. The van der Waals surface area contributed by atoms with Crippen molar-refractivity contribution >= 4 is 50.9 Å². The van der Waals surface area contributed by atoms with Gasteiger partial charge in [0.15, 0.2) is 6.61 Å². The lowest BCUT2D eigenvalue weighted by Gasteiger charge is -2.31. The van der Waals surface area contributed by atoms with E-state index in [0.29, 0.717) is 20.3 Å². The third kappa shape index (κ3) is 7.12. The van der Waals surface area contributed by atoms with E-state index in [0.717, 1.165) is 31.2 Å². The van der Waals surface area contributed by atoms with E-state index in [9.17, 15) is 9.59 Å². The quantitative estimate of drug-likeness (QED) is 0.445. The first-order valence-corrected chi connectivity index (χ1v) is 12.3. The summed E-state index contributed by atoms with van der Waals surface area (Å²) in [6, 6.07) is 11.9. The molecule has 8 heteroatoms. The van der Waals surface area contributed by atoms with Gasteiger partial charge in [-0.05, 0) is 71.6 Å². The molecule has 32 heavy (non-hydrogen) atoms. The van der Waals surface area contributed by atoms with Gasteiger partial charge in [0, 0.05) is 22.6 Å². The molecule has 0 unspecified atom stereocenters. The standard InChI is InChI=1S/C24H27BrCl2N2O3/c1-16(24(31)28-20-5-3-2-4-6-20)29(14-17-7-9-18(26)10-8-17)23(30)15-32-22-12-11-19(27)13-21(22)25/h7-13,16,20H,2-6,14-15H2,1H3,(H,28,31)/t16-/m1/s1. The molecule has 1 aliphatic rings. The molecule has 1 N–H and O–H groups in total. The van der Waals surface area contributed by atoms with Crippen molar-refractivity contribution in [3.63, 3.8) is 0 Å². The zero-order chi connectivity index (χ0) is 23.1. The number of carbonyl (C=O) groups excluding carboxylic acids is 2.